The van der Waals surface area contributed by atoms with Crippen molar-refractivity contribution in [3.63, 3.8) is 0 Å². The Morgan fingerprint density at radius 1 is 0.941 bits per heavy atom. The minimum Gasteiger partial charge on any atom is -0.478 e. The molecular weight excluding hydrogens is 446 g/mol. The van der Waals surface area contributed by atoms with Gasteiger partial charge in [-0.2, -0.15) is 5.26 Å². The third-order valence-electron chi connectivity index (χ3n) is 3.06. The summed E-state index contributed by atoms with van der Waals surface area (Å²) in [6, 6.07) is 1.79. The molecule has 0 bridgehead atoms. The Hall–Kier alpha value is -3.97. The lowest BCUT2D eigenvalue weighted by molar-refractivity contribution is -0.140. The van der Waals surface area contributed by atoms with Crippen LogP contribution >= 0.6 is 0 Å². The lowest BCUT2D eigenvalue weighted by atomic mass is 10.2. The van der Waals surface area contributed by atoms with Gasteiger partial charge >= 0.3 is 23.9 Å². The standard InChI is InChI=1S/C9H11NO3.C9H12O4.C6H10O2/c1-8(4-2-3-5-10)9(12)13-7-6-11;1-4-13-9(12)7(3)5-6(2)8(10)11;1-4-8-6(7)5(2)3/h2-3,11H,1,4,6-7H2;5H,3-4H2,1-2H3,(H,10,11);2,4H2,1,3H3. The summed E-state index contributed by atoms with van der Waals surface area (Å²) < 4.78 is 13.8. The first kappa shape index (κ1) is 34.6. The van der Waals surface area contributed by atoms with Crippen LogP contribution in [0.25, 0.3) is 0 Å². The molecule has 0 saturated heterocycles. The Labute approximate surface area is 200 Å². The highest BCUT2D eigenvalue weighted by Crippen LogP contribution is 2.03. The first-order valence-corrected chi connectivity index (χ1v) is 9.99. The second-order valence-electron chi connectivity index (χ2n) is 6.08. The highest BCUT2D eigenvalue weighted by molar-refractivity contribution is 5.95. The molecule has 10 heteroatoms. The average Bonchev–Trinajstić information content (AvgIpc) is 2.78. The van der Waals surface area contributed by atoms with Gasteiger partial charge in [-0.1, -0.05) is 25.8 Å². The maximum atomic E-state index is 10.9. The van der Waals surface area contributed by atoms with Crippen molar-refractivity contribution in [3.05, 3.63) is 60.3 Å². The molecule has 0 radical (unpaired) electrons. The van der Waals surface area contributed by atoms with Gasteiger partial charge in [-0.15, -0.1) is 0 Å². The fourth-order valence-electron chi connectivity index (χ4n) is 1.44. The molecule has 0 amide bonds. The van der Waals surface area contributed by atoms with E-state index in [9.17, 15) is 19.2 Å². The molecule has 0 unspecified atom stereocenters. The van der Waals surface area contributed by atoms with Crippen molar-refractivity contribution in [1.29, 1.82) is 5.26 Å². The normalized spacial score (nSPS) is 9.71. The highest BCUT2D eigenvalue weighted by atomic mass is 16.5. The topological polar surface area (TPSA) is 160 Å². The molecule has 188 valence electrons. The molecule has 0 atom stereocenters. The van der Waals surface area contributed by atoms with Gasteiger partial charge in [0.2, 0.25) is 0 Å². The predicted octanol–water partition coefficient (Wildman–Crippen LogP) is 2.81. The number of carboxylic acids is 1. The average molecular weight is 480 g/mol. The number of carboxylic acid groups (broad SMARTS) is 1. The molecule has 0 heterocycles. The van der Waals surface area contributed by atoms with Gasteiger partial charge < -0.3 is 24.4 Å². The van der Waals surface area contributed by atoms with Crippen molar-refractivity contribution in [3.8, 4) is 6.07 Å². The Morgan fingerprint density at radius 2 is 1.47 bits per heavy atom. The van der Waals surface area contributed by atoms with Crippen LogP contribution in [-0.2, 0) is 33.4 Å². The maximum Gasteiger partial charge on any atom is 0.337 e. The van der Waals surface area contributed by atoms with E-state index >= 15 is 0 Å². The van der Waals surface area contributed by atoms with Crippen LogP contribution in [0.5, 0.6) is 0 Å². The molecule has 0 aliphatic carbocycles. The first-order chi connectivity index (χ1) is 15.9. The van der Waals surface area contributed by atoms with Crippen LogP contribution in [0.2, 0.25) is 0 Å². The summed E-state index contributed by atoms with van der Waals surface area (Å²) >= 11 is 0. The van der Waals surface area contributed by atoms with Crippen LogP contribution in [0.15, 0.2) is 60.3 Å². The van der Waals surface area contributed by atoms with Crippen molar-refractivity contribution in [2.75, 3.05) is 26.4 Å². The molecule has 0 saturated carbocycles. The van der Waals surface area contributed by atoms with Crippen molar-refractivity contribution in [1.82, 2.24) is 0 Å². The van der Waals surface area contributed by atoms with E-state index in [0.29, 0.717) is 12.2 Å². The smallest absolute Gasteiger partial charge is 0.337 e. The molecule has 0 aliphatic rings. The largest absolute Gasteiger partial charge is 0.478 e. The van der Waals surface area contributed by atoms with Gasteiger partial charge in [0.15, 0.2) is 0 Å². The van der Waals surface area contributed by atoms with Gasteiger partial charge in [0.05, 0.1) is 31.5 Å². The zero-order chi connectivity index (χ0) is 27.1. The minimum atomic E-state index is -1.08. The molecular formula is C24H33NO9. The van der Waals surface area contributed by atoms with Crippen LogP contribution in [0.4, 0.5) is 0 Å². The Morgan fingerprint density at radius 3 is 1.85 bits per heavy atom. The summed E-state index contributed by atoms with van der Waals surface area (Å²) in [6.45, 7) is 17.1. The number of hydrogen-bond acceptors (Lipinski definition) is 9. The molecule has 0 fully saturated rings. The SMILES string of the molecule is C=C(C)C(=O)OCC.C=C(C=C(C)C(=O)O)C(=O)OCC.C=C(CC=CC#N)C(=O)OCCO. The lowest BCUT2D eigenvalue weighted by Gasteiger charge is -2.02. The van der Waals surface area contributed by atoms with Crippen LogP contribution in [-0.4, -0.2) is 60.5 Å². The molecule has 34 heavy (non-hydrogen) atoms. The summed E-state index contributed by atoms with van der Waals surface area (Å²) in [5, 5.41) is 25.0. The molecule has 0 aromatic carbocycles. The van der Waals surface area contributed by atoms with Crippen LogP contribution in [0.3, 0.4) is 0 Å². The Bertz CT molecular complexity index is 830. The van der Waals surface area contributed by atoms with Gasteiger partial charge in [-0.25, -0.2) is 19.2 Å². The number of aliphatic hydroxyl groups excluding tert-OH is 1. The zero-order valence-corrected chi connectivity index (χ0v) is 20.1. The molecule has 0 aromatic heterocycles. The fraction of sp³-hybridized carbons (Fsp3) is 0.375. The van der Waals surface area contributed by atoms with Crippen molar-refractivity contribution in [2.45, 2.75) is 34.1 Å². The number of carbonyl (C=O) groups excluding carboxylic acids is 3. The second-order valence-corrected chi connectivity index (χ2v) is 6.08. The van der Waals surface area contributed by atoms with Crippen LogP contribution in [0.1, 0.15) is 34.1 Å². The van der Waals surface area contributed by atoms with E-state index in [2.05, 4.69) is 33.9 Å². The van der Waals surface area contributed by atoms with E-state index < -0.39 is 17.9 Å². The highest BCUT2D eigenvalue weighted by Gasteiger charge is 2.07. The monoisotopic (exact) mass is 479 g/mol. The molecule has 10 nitrogen and oxygen atoms in total. The molecule has 0 aromatic rings. The van der Waals surface area contributed by atoms with Gasteiger partial charge in [-0.05, 0) is 40.2 Å². The molecule has 2 N–H and O–H groups in total. The summed E-state index contributed by atoms with van der Waals surface area (Å²) in [4.78, 5) is 42.7. The number of rotatable bonds is 11. The molecule has 0 rings (SSSR count). The second kappa shape index (κ2) is 22.2. The number of carbonyl (C=O) groups is 4. The van der Waals surface area contributed by atoms with Gasteiger partial charge in [0, 0.05) is 22.8 Å². The van der Waals surface area contributed by atoms with Crippen molar-refractivity contribution in [2.24, 2.45) is 0 Å². The third kappa shape index (κ3) is 21.3. The van der Waals surface area contributed by atoms with Crippen LogP contribution in [0, 0.1) is 11.3 Å². The number of hydrogen-bond donors (Lipinski definition) is 2. The zero-order valence-electron chi connectivity index (χ0n) is 20.1. The van der Waals surface area contributed by atoms with E-state index in [1.165, 1.54) is 25.2 Å². The number of aliphatic carboxylic acids is 1. The van der Waals surface area contributed by atoms with Crippen molar-refractivity contribution >= 4 is 23.9 Å². The fourth-order valence-corrected chi connectivity index (χ4v) is 1.44. The Kier molecular flexibility index (Phi) is 22.6. The third-order valence-corrected chi connectivity index (χ3v) is 3.06. The maximum absolute atomic E-state index is 10.9. The number of ether oxygens (including phenoxy) is 3. The first-order valence-electron chi connectivity index (χ1n) is 9.99. The number of allylic oxidation sites excluding steroid dienone is 2. The lowest BCUT2D eigenvalue weighted by Crippen LogP contribution is -2.09. The van der Waals surface area contributed by atoms with E-state index in [1.54, 1.807) is 26.8 Å². The summed E-state index contributed by atoms with van der Waals surface area (Å²) in [5.74, 6) is -2.53. The molecule has 0 spiro atoms. The van der Waals surface area contributed by atoms with Gasteiger partial charge in [-0.3, -0.25) is 0 Å². The molecule has 0 aliphatic heterocycles. The van der Waals surface area contributed by atoms with E-state index in [4.69, 9.17) is 15.5 Å². The van der Waals surface area contributed by atoms with Crippen molar-refractivity contribution < 1.29 is 43.6 Å². The number of nitrogens with zero attached hydrogens (tertiary/aromatic N) is 1. The number of esters is 3. The minimum absolute atomic E-state index is 0.0280. The summed E-state index contributed by atoms with van der Waals surface area (Å²) in [5.41, 5.74) is 0.812. The van der Waals surface area contributed by atoms with Gasteiger partial charge in [0.25, 0.3) is 0 Å². The predicted molar refractivity (Wildman–Crippen MR) is 125 cm³/mol. The quantitative estimate of drug-likeness (QED) is 0.148. The van der Waals surface area contributed by atoms with E-state index in [-0.39, 0.29) is 48.9 Å². The van der Waals surface area contributed by atoms with Crippen LogP contribution < -0.4 is 0 Å². The Balaban J connectivity index is -0.000000438. The van der Waals surface area contributed by atoms with Gasteiger partial charge in [0.1, 0.15) is 6.61 Å². The number of nitriles is 1. The number of aliphatic hydroxyl groups is 1. The van der Waals surface area contributed by atoms with E-state index in [1.807, 2.05) is 0 Å². The summed E-state index contributed by atoms with van der Waals surface area (Å²) in [6.07, 6.45) is 4.26. The summed E-state index contributed by atoms with van der Waals surface area (Å²) in [7, 11) is 0. The van der Waals surface area contributed by atoms with E-state index in [0.717, 1.165) is 0 Å².